The van der Waals surface area contributed by atoms with E-state index in [1.807, 2.05) is 0 Å². The Bertz CT molecular complexity index is 283. The Kier molecular flexibility index (Phi) is 2.30. The molecule has 0 atom stereocenters. The minimum atomic E-state index is 0.570. The molecule has 0 aliphatic rings. The van der Waals surface area contributed by atoms with E-state index in [-0.39, 0.29) is 0 Å². The fourth-order valence-corrected chi connectivity index (χ4v) is 0.811. The van der Waals surface area contributed by atoms with Gasteiger partial charge in [0.1, 0.15) is 6.17 Å². The molecule has 0 heterocycles. The predicted molar refractivity (Wildman–Crippen MR) is 39.4 cm³/mol. The minimum Gasteiger partial charge on any atom is -0.144 e. The van der Waals surface area contributed by atoms with Crippen LogP contribution in [0.1, 0.15) is 5.56 Å². The van der Waals surface area contributed by atoms with Crippen molar-refractivity contribution in [1.29, 1.82) is 0 Å². The molecule has 2 heteroatoms. The SMILES string of the molecule is FC#Cc1cccc(Cl)c1. The van der Waals surface area contributed by atoms with Gasteiger partial charge in [-0.05, 0) is 24.1 Å². The summed E-state index contributed by atoms with van der Waals surface area (Å²) in [4.78, 5) is 0. The van der Waals surface area contributed by atoms with Crippen LogP contribution in [0.25, 0.3) is 0 Å². The van der Waals surface area contributed by atoms with Crippen LogP contribution in [0, 0.1) is 12.1 Å². The van der Waals surface area contributed by atoms with Crippen LogP contribution < -0.4 is 0 Å². The van der Waals surface area contributed by atoms with Gasteiger partial charge in [-0.2, -0.15) is 0 Å². The van der Waals surface area contributed by atoms with Gasteiger partial charge in [0, 0.05) is 10.6 Å². The monoisotopic (exact) mass is 154 g/mol. The van der Waals surface area contributed by atoms with Crippen molar-refractivity contribution in [2.45, 2.75) is 0 Å². The normalized spacial score (nSPS) is 8.20. The van der Waals surface area contributed by atoms with Gasteiger partial charge in [0.25, 0.3) is 0 Å². The summed E-state index contributed by atoms with van der Waals surface area (Å²) in [6.45, 7) is 0. The second-order valence-corrected chi connectivity index (χ2v) is 2.17. The zero-order valence-corrected chi connectivity index (χ0v) is 5.82. The third-order valence-electron chi connectivity index (χ3n) is 1.02. The van der Waals surface area contributed by atoms with Gasteiger partial charge < -0.3 is 0 Å². The van der Waals surface area contributed by atoms with Crippen LogP contribution in [0.2, 0.25) is 5.02 Å². The predicted octanol–water partition coefficient (Wildman–Crippen LogP) is 2.62. The summed E-state index contributed by atoms with van der Waals surface area (Å²) < 4.78 is 11.4. The van der Waals surface area contributed by atoms with Crippen LogP contribution in [0.5, 0.6) is 0 Å². The summed E-state index contributed by atoms with van der Waals surface area (Å²) in [6, 6.07) is 6.74. The Morgan fingerprint density at radius 2 is 2.20 bits per heavy atom. The van der Waals surface area contributed by atoms with Crippen molar-refractivity contribution in [2.24, 2.45) is 0 Å². The van der Waals surface area contributed by atoms with Crippen LogP contribution >= 0.6 is 11.6 Å². The lowest BCUT2D eigenvalue weighted by atomic mass is 10.2. The zero-order valence-electron chi connectivity index (χ0n) is 5.07. The molecule has 0 bridgehead atoms. The van der Waals surface area contributed by atoms with Gasteiger partial charge in [-0.3, -0.25) is 0 Å². The summed E-state index contributed by atoms with van der Waals surface area (Å²) in [5.41, 5.74) is 0.593. The van der Waals surface area contributed by atoms with Crippen molar-refractivity contribution >= 4 is 11.6 Å². The van der Waals surface area contributed by atoms with Crippen LogP contribution in [-0.4, -0.2) is 0 Å². The van der Waals surface area contributed by atoms with E-state index in [2.05, 4.69) is 5.92 Å². The molecule has 0 saturated heterocycles. The Balaban J connectivity index is 3.03. The molecule has 0 amide bonds. The number of rotatable bonds is 0. The van der Waals surface area contributed by atoms with Crippen LogP contribution in [0.4, 0.5) is 4.39 Å². The van der Waals surface area contributed by atoms with E-state index in [9.17, 15) is 4.39 Å². The fraction of sp³-hybridized carbons (Fsp3) is 0. The molecular weight excluding hydrogens is 151 g/mol. The fourth-order valence-electron chi connectivity index (χ4n) is 0.621. The zero-order chi connectivity index (χ0) is 7.40. The number of hydrogen-bond donors (Lipinski definition) is 0. The molecule has 0 unspecified atom stereocenters. The topological polar surface area (TPSA) is 0 Å². The van der Waals surface area contributed by atoms with Crippen molar-refractivity contribution in [3.8, 4) is 12.1 Å². The van der Waals surface area contributed by atoms with Crippen molar-refractivity contribution in [3.05, 3.63) is 34.9 Å². The summed E-state index contributed by atoms with van der Waals surface area (Å²) >= 11 is 5.59. The van der Waals surface area contributed by atoms with E-state index in [0.717, 1.165) is 0 Å². The maximum Gasteiger partial charge on any atom is 0.111 e. The highest BCUT2D eigenvalue weighted by Crippen LogP contribution is 2.08. The number of benzene rings is 1. The first-order valence-corrected chi connectivity index (χ1v) is 3.08. The van der Waals surface area contributed by atoms with Gasteiger partial charge in [0.15, 0.2) is 0 Å². The van der Waals surface area contributed by atoms with Gasteiger partial charge in [-0.15, -0.1) is 4.39 Å². The highest BCUT2D eigenvalue weighted by Gasteiger charge is 1.87. The van der Waals surface area contributed by atoms with E-state index in [1.165, 1.54) is 6.17 Å². The molecule has 0 radical (unpaired) electrons. The molecule has 1 aromatic rings. The Morgan fingerprint density at radius 3 is 2.80 bits per heavy atom. The summed E-state index contributed by atoms with van der Waals surface area (Å²) in [5.74, 6) is 2.25. The molecule has 50 valence electrons. The highest BCUT2D eigenvalue weighted by molar-refractivity contribution is 6.30. The van der Waals surface area contributed by atoms with Crippen LogP contribution in [-0.2, 0) is 0 Å². The van der Waals surface area contributed by atoms with Crippen molar-refractivity contribution in [2.75, 3.05) is 0 Å². The molecule has 1 aromatic carbocycles. The van der Waals surface area contributed by atoms with Gasteiger partial charge >= 0.3 is 0 Å². The van der Waals surface area contributed by atoms with E-state index in [4.69, 9.17) is 11.6 Å². The highest BCUT2D eigenvalue weighted by atomic mass is 35.5. The third kappa shape index (κ3) is 1.75. The first-order valence-electron chi connectivity index (χ1n) is 2.70. The molecule has 10 heavy (non-hydrogen) atoms. The molecule has 0 saturated carbocycles. The minimum absolute atomic E-state index is 0.570. The quantitative estimate of drug-likeness (QED) is 0.504. The maximum atomic E-state index is 11.4. The van der Waals surface area contributed by atoms with Gasteiger partial charge in [-0.1, -0.05) is 17.7 Å². The molecular formula is C8H4ClF. The standard InChI is InChI=1S/C8H4ClF/c9-8-3-1-2-7(6-8)4-5-10/h1-3,6H. The number of hydrogen-bond acceptors (Lipinski definition) is 0. The lowest BCUT2D eigenvalue weighted by molar-refractivity contribution is 0.774. The van der Waals surface area contributed by atoms with E-state index in [0.29, 0.717) is 10.6 Å². The smallest absolute Gasteiger partial charge is 0.111 e. The van der Waals surface area contributed by atoms with Gasteiger partial charge in [-0.25, -0.2) is 0 Å². The van der Waals surface area contributed by atoms with Crippen LogP contribution in [0.15, 0.2) is 24.3 Å². The second kappa shape index (κ2) is 3.24. The van der Waals surface area contributed by atoms with Crippen molar-refractivity contribution in [3.63, 3.8) is 0 Å². The average Bonchev–Trinajstić information content (AvgIpc) is 1.88. The van der Waals surface area contributed by atoms with Gasteiger partial charge in [0.05, 0.1) is 0 Å². The third-order valence-corrected chi connectivity index (χ3v) is 1.25. The molecule has 0 aromatic heterocycles. The molecule has 0 aliphatic carbocycles. The molecule has 0 spiro atoms. The second-order valence-electron chi connectivity index (χ2n) is 1.73. The largest absolute Gasteiger partial charge is 0.144 e. The summed E-state index contributed by atoms with van der Waals surface area (Å²) in [6.07, 6.45) is 1.30. The Morgan fingerprint density at radius 1 is 1.40 bits per heavy atom. The molecule has 0 nitrogen and oxygen atoms in total. The van der Waals surface area contributed by atoms with Gasteiger partial charge in [0.2, 0.25) is 0 Å². The van der Waals surface area contributed by atoms with Crippen LogP contribution in [0.3, 0.4) is 0 Å². The maximum absolute atomic E-state index is 11.4. The summed E-state index contributed by atoms with van der Waals surface area (Å²) in [7, 11) is 0. The first kappa shape index (κ1) is 7.11. The lowest BCUT2D eigenvalue weighted by Crippen LogP contribution is -1.70. The van der Waals surface area contributed by atoms with Crippen molar-refractivity contribution in [1.82, 2.24) is 0 Å². The number of halogens is 2. The summed E-state index contributed by atoms with van der Waals surface area (Å²) in [5, 5.41) is 0.570. The molecule has 0 aliphatic heterocycles. The first-order chi connectivity index (χ1) is 4.83. The molecule has 1 rings (SSSR count). The Labute approximate surface area is 63.6 Å². The van der Waals surface area contributed by atoms with E-state index >= 15 is 0 Å². The molecule has 0 N–H and O–H groups in total. The molecule has 0 fully saturated rings. The lowest BCUT2D eigenvalue weighted by Gasteiger charge is -1.88. The van der Waals surface area contributed by atoms with Crippen molar-refractivity contribution < 1.29 is 4.39 Å². The average molecular weight is 155 g/mol. The van der Waals surface area contributed by atoms with E-state index in [1.54, 1.807) is 24.3 Å². The Hall–Kier alpha value is -1.00. The van der Waals surface area contributed by atoms with E-state index < -0.39 is 0 Å².